The summed E-state index contributed by atoms with van der Waals surface area (Å²) in [5, 5.41) is 0. The van der Waals surface area contributed by atoms with Gasteiger partial charge in [0.2, 0.25) is 5.88 Å². The van der Waals surface area contributed by atoms with Crippen LogP contribution in [0.25, 0.3) is 0 Å². The van der Waals surface area contributed by atoms with Crippen LogP contribution >= 0.6 is 0 Å². The zero-order valence-corrected chi connectivity index (χ0v) is 9.70. The zero-order valence-electron chi connectivity index (χ0n) is 7.31. The molecular formula is C11H8IrNO-. The molecule has 2 rings (SSSR count). The molecule has 1 aromatic carbocycles. The van der Waals surface area contributed by atoms with Crippen molar-refractivity contribution in [1.29, 1.82) is 0 Å². The van der Waals surface area contributed by atoms with Crippen LogP contribution in [-0.2, 0) is 20.1 Å². The maximum atomic E-state index is 5.41. The van der Waals surface area contributed by atoms with Crippen molar-refractivity contribution in [2.75, 3.05) is 0 Å². The Kier molecular flexibility index (Phi) is 4.30. The van der Waals surface area contributed by atoms with Gasteiger partial charge in [-0.3, -0.25) is 0 Å². The summed E-state index contributed by atoms with van der Waals surface area (Å²) in [7, 11) is 0. The zero-order chi connectivity index (χ0) is 8.93. The first-order valence-corrected chi connectivity index (χ1v) is 4.01. The second-order valence-corrected chi connectivity index (χ2v) is 2.50. The molecule has 0 amide bonds. The van der Waals surface area contributed by atoms with E-state index < -0.39 is 0 Å². The monoisotopic (exact) mass is 363 g/mol. The normalized spacial score (nSPS) is 8.86. The van der Waals surface area contributed by atoms with Gasteiger partial charge in [-0.15, -0.1) is 12.1 Å². The maximum absolute atomic E-state index is 5.41. The molecule has 2 aromatic rings. The molecule has 0 atom stereocenters. The van der Waals surface area contributed by atoms with Crippen molar-refractivity contribution < 1.29 is 24.8 Å². The van der Waals surface area contributed by atoms with Crippen molar-refractivity contribution in [2.45, 2.75) is 0 Å². The molecule has 2 nitrogen and oxygen atoms in total. The molecule has 0 unspecified atom stereocenters. The standard InChI is InChI=1S/C11H8NO.Ir/c1-2-6-10(7-3-1)13-11-8-4-5-9-12-11;/h1-6,8-9H;/q-1;. The number of benzene rings is 1. The Morgan fingerprint density at radius 1 is 1.07 bits per heavy atom. The third-order valence-electron chi connectivity index (χ3n) is 1.53. The summed E-state index contributed by atoms with van der Waals surface area (Å²) in [6.07, 6.45) is 1.69. The van der Waals surface area contributed by atoms with Gasteiger partial charge in [-0.1, -0.05) is 6.07 Å². The first kappa shape index (κ1) is 10.9. The van der Waals surface area contributed by atoms with E-state index in [1.807, 2.05) is 30.3 Å². The average Bonchev–Trinajstić information content (AvgIpc) is 2.21. The molecule has 0 saturated carbocycles. The molecule has 0 aliphatic heterocycles. The number of pyridine rings is 1. The van der Waals surface area contributed by atoms with E-state index in [0.29, 0.717) is 11.6 Å². The number of aromatic nitrogens is 1. The Labute approximate surface area is 96.3 Å². The number of ether oxygens (including phenoxy) is 1. The molecule has 0 saturated heterocycles. The first-order valence-electron chi connectivity index (χ1n) is 4.01. The van der Waals surface area contributed by atoms with Crippen molar-refractivity contribution >= 4 is 0 Å². The summed E-state index contributed by atoms with van der Waals surface area (Å²) < 4.78 is 5.41. The summed E-state index contributed by atoms with van der Waals surface area (Å²) in [6.45, 7) is 0. The van der Waals surface area contributed by atoms with Crippen LogP contribution in [0.5, 0.6) is 11.6 Å². The molecule has 0 bridgehead atoms. The molecule has 1 aromatic heterocycles. The van der Waals surface area contributed by atoms with Crippen molar-refractivity contribution in [3.05, 3.63) is 54.7 Å². The van der Waals surface area contributed by atoms with E-state index in [1.54, 1.807) is 18.3 Å². The average molecular weight is 362 g/mol. The smallest absolute Gasteiger partial charge is 0.216 e. The third-order valence-corrected chi connectivity index (χ3v) is 1.53. The molecule has 14 heavy (non-hydrogen) atoms. The fraction of sp³-hybridized carbons (Fsp3) is 0. The van der Waals surface area contributed by atoms with Gasteiger partial charge in [0.15, 0.2) is 0 Å². The minimum atomic E-state index is 0. The number of nitrogens with zero attached hydrogens (tertiary/aromatic N) is 1. The Bertz CT molecular complexity index is 326. The SMILES string of the molecule is [Ir].[c-]1ccccc1Oc1ccccn1. The quantitative estimate of drug-likeness (QED) is 0.767. The molecule has 0 fully saturated rings. The third kappa shape index (κ3) is 2.95. The summed E-state index contributed by atoms with van der Waals surface area (Å²) in [5.74, 6) is 1.27. The van der Waals surface area contributed by atoms with E-state index in [2.05, 4.69) is 11.1 Å². The van der Waals surface area contributed by atoms with Gasteiger partial charge in [0.05, 0.1) is 0 Å². The summed E-state index contributed by atoms with van der Waals surface area (Å²) in [4.78, 5) is 4.03. The van der Waals surface area contributed by atoms with Gasteiger partial charge in [-0.2, -0.15) is 18.2 Å². The van der Waals surface area contributed by atoms with Gasteiger partial charge in [0, 0.05) is 38.1 Å². The predicted octanol–water partition coefficient (Wildman–Crippen LogP) is 2.67. The molecule has 0 aliphatic carbocycles. The molecule has 0 N–H and O–H groups in total. The Morgan fingerprint density at radius 2 is 1.93 bits per heavy atom. The fourth-order valence-electron chi connectivity index (χ4n) is 0.960. The number of hydrogen-bond donors (Lipinski definition) is 0. The first-order chi connectivity index (χ1) is 6.45. The number of para-hydroxylation sites is 1. The van der Waals surface area contributed by atoms with E-state index >= 15 is 0 Å². The number of rotatable bonds is 2. The molecule has 1 radical (unpaired) electrons. The van der Waals surface area contributed by atoms with Gasteiger partial charge in [-0.05, 0) is 6.07 Å². The second-order valence-electron chi connectivity index (χ2n) is 2.50. The summed E-state index contributed by atoms with van der Waals surface area (Å²) in [6, 6.07) is 15.9. The Balaban J connectivity index is 0.000000980. The topological polar surface area (TPSA) is 22.1 Å². The van der Waals surface area contributed by atoms with Crippen LogP contribution in [0.3, 0.4) is 0 Å². The van der Waals surface area contributed by atoms with E-state index in [0.717, 1.165) is 0 Å². The molecule has 0 spiro atoms. The van der Waals surface area contributed by atoms with Crippen molar-refractivity contribution in [3.63, 3.8) is 0 Å². The van der Waals surface area contributed by atoms with Crippen LogP contribution < -0.4 is 4.74 Å². The summed E-state index contributed by atoms with van der Waals surface area (Å²) >= 11 is 0. The molecule has 0 aliphatic rings. The second kappa shape index (κ2) is 5.53. The van der Waals surface area contributed by atoms with Crippen molar-refractivity contribution in [3.8, 4) is 11.6 Å². The van der Waals surface area contributed by atoms with E-state index in [1.165, 1.54) is 0 Å². The van der Waals surface area contributed by atoms with Crippen LogP contribution in [0.2, 0.25) is 0 Å². The Hall–Kier alpha value is -1.18. The molecule has 73 valence electrons. The van der Waals surface area contributed by atoms with Crippen LogP contribution in [0, 0.1) is 6.07 Å². The fourth-order valence-corrected chi connectivity index (χ4v) is 0.960. The predicted molar refractivity (Wildman–Crippen MR) is 49.6 cm³/mol. The van der Waals surface area contributed by atoms with Gasteiger partial charge >= 0.3 is 0 Å². The number of hydrogen-bond acceptors (Lipinski definition) is 2. The Morgan fingerprint density at radius 3 is 2.57 bits per heavy atom. The van der Waals surface area contributed by atoms with E-state index in [-0.39, 0.29) is 20.1 Å². The van der Waals surface area contributed by atoms with Gasteiger partial charge in [0.1, 0.15) is 0 Å². The summed E-state index contributed by atoms with van der Waals surface area (Å²) in [5.41, 5.74) is 0. The van der Waals surface area contributed by atoms with Crippen LogP contribution in [0.15, 0.2) is 48.7 Å². The molecular weight excluding hydrogens is 354 g/mol. The van der Waals surface area contributed by atoms with E-state index in [4.69, 9.17) is 4.74 Å². The molecule has 1 heterocycles. The minimum Gasteiger partial charge on any atom is -0.466 e. The minimum absolute atomic E-state index is 0. The van der Waals surface area contributed by atoms with Crippen LogP contribution in [0.1, 0.15) is 0 Å². The van der Waals surface area contributed by atoms with Gasteiger partial charge < -0.3 is 4.74 Å². The molecule has 3 heteroatoms. The van der Waals surface area contributed by atoms with Crippen molar-refractivity contribution in [1.82, 2.24) is 4.98 Å². The van der Waals surface area contributed by atoms with Gasteiger partial charge in [0.25, 0.3) is 0 Å². The van der Waals surface area contributed by atoms with Gasteiger partial charge in [-0.25, -0.2) is 4.98 Å². The van der Waals surface area contributed by atoms with Crippen LogP contribution in [0.4, 0.5) is 0 Å². The maximum Gasteiger partial charge on any atom is 0.216 e. The van der Waals surface area contributed by atoms with Crippen LogP contribution in [-0.4, -0.2) is 4.98 Å². The van der Waals surface area contributed by atoms with E-state index in [9.17, 15) is 0 Å². The largest absolute Gasteiger partial charge is 0.466 e. The van der Waals surface area contributed by atoms with Crippen molar-refractivity contribution in [2.24, 2.45) is 0 Å².